The topological polar surface area (TPSA) is 44.8 Å². The minimum atomic E-state index is 0.936. The number of hydrogen-bond acceptors (Lipinski definition) is 4. The van der Waals surface area contributed by atoms with Crippen molar-refractivity contribution in [3.8, 4) is 21.7 Å². The van der Waals surface area contributed by atoms with Crippen LogP contribution >= 0.6 is 11.3 Å². The fraction of sp³-hybridized carbons (Fsp3) is 0.217. The maximum Gasteiger partial charge on any atom is 0.124 e. The lowest BCUT2D eigenvalue weighted by atomic mass is 9.97. The summed E-state index contributed by atoms with van der Waals surface area (Å²) in [5.74, 6) is 0. The third-order valence-corrected chi connectivity index (χ3v) is 6.54. The zero-order valence-electron chi connectivity index (χ0n) is 15.9. The first-order valence-corrected chi connectivity index (χ1v) is 10.4. The highest BCUT2D eigenvalue weighted by molar-refractivity contribution is 7.15. The van der Waals surface area contributed by atoms with Crippen LogP contribution < -0.4 is 0 Å². The van der Waals surface area contributed by atoms with E-state index in [4.69, 9.17) is 4.98 Å². The van der Waals surface area contributed by atoms with Crippen molar-refractivity contribution in [2.75, 3.05) is 6.54 Å². The largest absolute Gasteiger partial charge is 0.293 e. The SMILES string of the molecule is Cc1c(-c2ccccc2)cccc1-c1nc2c(s1)CN(Cc1cn[nH]c1)CC2. The zero-order chi connectivity index (χ0) is 18.9. The van der Waals surface area contributed by atoms with Crippen LogP contribution in [0.25, 0.3) is 21.7 Å². The predicted octanol–water partition coefficient (Wildman–Crippen LogP) is 5.07. The maximum absolute atomic E-state index is 5.02. The van der Waals surface area contributed by atoms with Crippen molar-refractivity contribution in [1.29, 1.82) is 0 Å². The number of nitrogens with one attached hydrogen (secondary N) is 1. The second-order valence-corrected chi connectivity index (χ2v) is 8.38. The van der Waals surface area contributed by atoms with Crippen LogP contribution in [0.4, 0.5) is 0 Å². The Morgan fingerprint density at radius 2 is 1.93 bits per heavy atom. The van der Waals surface area contributed by atoms with Gasteiger partial charge in [-0.3, -0.25) is 10.00 Å². The summed E-state index contributed by atoms with van der Waals surface area (Å²) in [6.45, 7) is 5.16. The molecule has 0 aliphatic carbocycles. The van der Waals surface area contributed by atoms with Crippen molar-refractivity contribution in [1.82, 2.24) is 20.1 Å². The van der Waals surface area contributed by atoms with E-state index in [0.29, 0.717) is 0 Å². The minimum absolute atomic E-state index is 0.936. The van der Waals surface area contributed by atoms with Crippen molar-refractivity contribution in [3.63, 3.8) is 0 Å². The van der Waals surface area contributed by atoms with E-state index in [9.17, 15) is 0 Å². The monoisotopic (exact) mass is 386 g/mol. The van der Waals surface area contributed by atoms with Crippen molar-refractivity contribution in [3.05, 3.63) is 82.6 Å². The van der Waals surface area contributed by atoms with Crippen LogP contribution in [0.3, 0.4) is 0 Å². The van der Waals surface area contributed by atoms with E-state index in [0.717, 1.165) is 31.1 Å². The van der Waals surface area contributed by atoms with E-state index in [1.54, 1.807) is 0 Å². The van der Waals surface area contributed by atoms with Gasteiger partial charge in [-0.1, -0.05) is 48.5 Å². The molecule has 1 N–H and O–H groups in total. The predicted molar refractivity (Wildman–Crippen MR) is 114 cm³/mol. The second-order valence-electron chi connectivity index (χ2n) is 7.30. The molecule has 0 amide bonds. The van der Waals surface area contributed by atoms with Gasteiger partial charge in [-0.05, 0) is 23.6 Å². The van der Waals surface area contributed by atoms with Crippen LogP contribution in [-0.2, 0) is 19.5 Å². The van der Waals surface area contributed by atoms with Gasteiger partial charge in [-0.25, -0.2) is 4.98 Å². The van der Waals surface area contributed by atoms with E-state index in [2.05, 4.69) is 70.6 Å². The van der Waals surface area contributed by atoms with Crippen LogP contribution in [0.5, 0.6) is 0 Å². The highest BCUT2D eigenvalue weighted by Gasteiger charge is 2.22. The Morgan fingerprint density at radius 1 is 1.07 bits per heavy atom. The molecule has 0 fully saturated rings. The number of hydrogen-bond donors (Lipinski definition) is 1. The fourth-order valence-electron chi connectivity index (χ4n) is 3.92. The van der Waals surface area contributed by atoms with Crippen molar-refractivity contribution >= 4 is 11.3 Å². The molecule has 0 spiro atoms. The van der Waals surface area contributed by atoms with Crippen molar-refractivity contribution in [2.45, 2.75) is 26.4 Å². The number of thiazole rings is 1. The maximum atomic E-state index is 5.02. The Hall–Kier alpha value is -2.76. The molecule has 0 saturated carbocycles. The molecule has 4 aromatic rings. The molecule has 0 saturated heterocycles. The number of rotatable bonds is 4. The zero-order valence-corrected chi connectivity index (χ0v) is 16.7. The normalized spacial score (nSPS) is 14.2. The molecule has 140 valence electrons. The van der Waals surface area contributed by atoms with Gasteiger partial charge in [-0.15, -0.1) is 11.3 Å². The van der Waals surface area contributed by atoms with E-state index in [-0.39, 0.29) is 0 Å². The molecule has 2 aromatic heterocycles. The summed E-state index contributed by atoms with van der Waals surface area (Å²) in [7, 11) is 0. The summed E-state index contributed by atoms with van der Waals surface area (Å²) in [6.07, 6.45) is 4.90. The number of aromatic nitrogens is 3. The molecule has 4 nitrogen and oxygen atoms in total. The summed E-state index contributed by atoms with van der Waals surface area (Å²) in [6, 6.07) is 17.2. The highest BCUT2D eigenvalue weighted by atomic mass is 32.1. The number of fused-ring (bicyclic) bond motifs is 1. The van der Waals surface area contributed by atoms with E-state index in [1.165, 1.54) is 38.4 Å². The van der Waals surface area contributed by atoms with Crippen molar-refractivity contribution < 1.29 is 0 Å². The Kier molecular flexibility index (Phi) is 4.55. The summed E-state index contributed by atoms with van der Waals surface area (Å²) in [5.41, 5.74) is 7.60. The average Bonchev–Trinajstić information content (AvgIpc) is 3.38. The first-order chi connectivity index (χ1) is 13.8. The molecular weight excluding hydrogens is 364 g/mol. The molecule has 0 bridgehead atoms. The molecular formula is C23H22N4S. The first kappa shape index (κ1) is 17.3. The van der Waals surface area contributed by atoms with E-state index < -0.39 is 0 Å². The Labute approximate surface area is 168 Å². The minimum Gasteiger partial charge on any atom is -0.293 e. The lowest BCUT2D eigenvalue weighted by Gasteiger charge is -2.25. The third-order valence-electron chi connectivity index (χ3n) is 5.42. The second kappa shape index (κ2) is 7.34. The van der Waals surface area contributed by atoms with Gasteiger partial charge in [0.25, 0.3) is 0 Å². The molecule has 0 unspecified atom stereocenters. The molecule has 1 aliphatic rings. The smallest absolute Gasteiger partial charge is 0.124 e. The third kappa shape index (κ3) is 3.28. The summed E-state index contributed by atoms with van der Waals surface area (Å²) < 4.78 is 0. The Balaban J connectivity index is 1.44. The number of H-pyrrole nitrogens is 1. The Morgan fingerprint density at radius 3 is 2.75 bits per heavy atom. The summed E-state index contributed by atoms with van der Waals surface area (Å²) in [4.78, 5) is 8.89. The molecule has 2 aromatic carbocycles. The van der Waals surface area contributed by atoms with Gasteiger partial charge in [0.1, 0.15) is 5.01 Å². The van der Waals surface area contributed by atoms with Crippen molar-refractivity contribution in [2.24, 2.45) is 0 Å². The van der Waals surface area contributed by atoms with Gasteiger partial charge in [-0.2, -0.15) is 5.10 Å². The van der Waals surface area contributed by atoms with Crippen LogP contribution in [0.15, 0.2) is 60.9 Å². The fourth-order valence-corrected chi connectivity index (χ4v) is 5.15. The number of benzene rings is 2. The van der Waals surface area contributed by atoms with E-state index in [1.807, 2.05) is 23.7 Å². The molecule has 28 heavy (non-hydrogen) atoms. The van der Waals surface area contributed by atoms with Gasteiger partial charge < -0.3 is 0 Å². The van der Waals surface area contributed by atoms with Crippen LogP contribution in [0.1, 0.15) is 21.7 Å². The molecule has 5 rings (SSSR count). The van der Waals surface area contributed by atoms with Gasteiger partial charge in [0.05, 0.1) is 11.9 Å². The van der Waals surface area contributed by atoms with Gasteiger partial charge in [0, 0.05) is 48.3 Å². The first-order valence-electron chi connectivity index (χ1n) is 9.62. The summed E-state index contributed by atoms with van der Waals surface area (Å²) in [5, 5.41) is 8.10. The van der Waals surface area contributed by atoms with Crippen LogP contribution in [0.2, 0.25) is 0 Å². The number of nitrogens with zero attached hydrogens (tertiary/aromatic N) is 3. The number of aromatic amines is 1. The lowest BCUT2D eigenvalue weighted by Crippen LogP contribution is -2.29. The van der Waals surface area contributed by atoms with Gasteiger partial charge in [0.2, 0.25) is 0 Å². The van der Waals surface area contributed by atoms with Gasteiger partial charge in [0.15, 0.2) is 0 Å². The van der Waals surface area contributed by atoms with Gasteiger partial charge >= 0.3 is 0 Å². The molecule has 0 atom stereocenters. The summed E-state index contributed by atoms with van der Waals surface area (Å²) >= 11 is 1.85. The molecule has 5 heteroatoms. The van der Waals surface area contributed by atoms with Crippen LogP contribution in [0, 0.1) is 6.92 Å². The quantitative estimate of drug-likeness (QED) is 0.533. The van der Waals surface area contributed by atoms with E-state index >= 15 is 0 Å². The Bertz CT molecular complexity index is 1080. The highest BCUT2D eigenvalue weighted by Crippen LogP contribution is 2.36. The molecule has 1 aliphatic heterocycles. The average molecular weight is 387 g/mol. The molecule has 0 radical (unpaired) electrons. The molecule has 3 heterocycles. The van der Waals surface area contributed by atoms with Crippen LogP contribution in [-0.4, -0.2) is 26.6 Å². The lowest BCUT2D eigenvalue weighted by molar-refractivity contribution is 0.247. The standard InChI is InChI=1S/C23H22N4S/c1-16-19(18-6-3-2-4-7-18)8-5-9-20(16)23-26-21-10-11-27(15-22(21)28-23)14-17-12-24-25-13-17/h2-9,12-13H,10-11,14-15H2,1H3,(H,24,25).